The van der Waals surface area contributed by atoms with Crippen LogP contribution in [0.2, 0.25) is 0 Å². The minimum Gasteiger partial charge on any atom is -0.481 e. The number of aliphatic carboxylic acids is 3. The lowest BCUT2D eigenvalue weighted by Crippen LogP contribution is -2.53. The monoisotopic (exact) mass is 510 g/mol. The van der Waals surface area contributed by atoms with E-state index >= 15 is 0 Å². The summed E-state index contributed by atoms with van der Waals surface area (Å²) in [4.78, 5) is 35.1. The van der Waals surface area contributed by atoms with E-state index in [0.717, 1.165) is 51.4 Å². The third-order valence-electron chi connectivity index (χ3n) is 8.96. The number of carbonyl (C=O) groups is 3. The fraction of sp³-hybridized carbons (Fsp3) is 0.900. The highest BCUT2D eigenvalue weighted by atomic mass is 16.4. The number of carboxylic acid groups (broad SMARTS) is 3. The molecule has 1 aliphatic carbocycles. The second-order valence-electron chi connectivity index (χ2n) is 13.0. The molecule has 1 rings (SSSR count). The van der Waals surface area contributed by atoms with Crippen molar-refractivity contribution >= 4 is 17.9 Å². The number of hydrogen-bond acceptors (Lipinski definition) is 3. The first-order valence-electron chi connectivity index (χ1n) is 14.4. The van der Waals surface area contributed by atoms with Crippen LogP contribution < -0.4 is 0 Å². The van der Waals surface area contributed by atoms with Crippen LogP contribution >= 0.6 is 0 Å². The molecule has 36 heavy (non-hydrogen) atoms. The second kappa shape index (κ2) is 15.0. The van der Waals surface area contributed by atoms with Crippen LogP contribution in [0.25, 0.3) is 0 Å². The van der Waals surface area contributed by atoms with Crippen molar-refractivity contribution in [1.29, 1.82) is 0 Å². The predicted molar refractivity (Wildman–Crippen MR) is 144 cm³/mol. The SMILES string of the molecule is CC(C)CCC1(CCC(=O)O)CC(CCC(=O)O)CC(CCC(=O)O)C1(CCC(C)C)CCC(C)C. The summed E-state index contributed by atoms with van der Waals surface area (Å²) in [5.74, 6) is -0.519. The number of rotatable bonds is 18. The molecule has 0 aromatic carbocycles. The molecule has 1 fully saturated rings. The summed E-state index contributed by atoms with van der Waals surface area (Å²) in [5.41, 5.74) is -0.342. The minimum absolute atomic E-state index is 0.112. The summed E-state index contributed by atoms with van der Waals surface area (Å²) < 4.78 is 0. The molecule has 0 saturated heterocycles. The Morgan fingerprint density at radius 3 is 1.56 bits per heavy atom. The van der Waals surface area contributed by atoms with Crippen LogP contribution in [0.15, 0.2) is 0 Å². The topological polar surface area (TPSA) is 112 Å². The number of hydrogen-bond donors (Lipinski definition) is 3. The van der Waals surface area contributed by atoms with Crippen LogP contribution in [0.3, 0.4) is 0 Å². The van der Waals surface area contributed by atoms with Crippen molar-refractivity contribution in [2.24, 2.45) is 40.4 Å². The van der Waals surface area contributed by atoms with Crippen molar-refractivity contribution in [1.82, 2.24) is 0 Å². The molecule has 6 nitrogen and oxygen atoms in total. The Kier molecular flexibility index (Phi) is 13.5. The highest BCUT2D eigenvalue weighted by molar-refractivity contribution is 5.67. The van der Waals surface area contributed by atoms with E-state index in [9.17, 15) is 29.7 Å². The Bertz CT molecular complexity index is 686. The van der Waals surface area contributed by atoms with Crippen molar-refractivity contribution in [2.45, 2.75) is 131 Å². The van der Waals surface area contributed by atoms with E-state index in [0.29, 0.717) is 37.0 Å². The first kappa shape index (κ1) is 32.4. The zero-order valence-corrected chi connectivity index (χ0v) is 23.9. The largest absolute Gasteiger partial charge is 0.481 e. The molecule has 0 heterocycles. The molecule has 3 unspecified atom stereocenters. The summed E-state index contributed by atoms with van der Waals surface area (Å²) in [6.07, 6.45) is 9.81. The molecule has 3 N–H and O–H groups in total. The summed E-state index contributed by atoms with van der Waals surface area (Å²) in [6, 6.07) is 0. The fourth-order valence-corrected chi connectivity index (χ4v) is 7.03. The first-order valence-corrected chi connectivity index (χ1v) is 14.4. The van der Waals surface area contributed by atoms with Gasteiger partial charge in [-0.25, -0.2) is 0 Å². The molecular formula is C30H54O6. The normalized spacial score (nSPS) is 23.9. The summed E-state index contributed by atoms with van der Waals surface area (Å²) in [7, 11) is 0. The molecule has 0 bridgehead atoms. The van der Waals surface area contributed by atoms with Crippen LogP contribution in [-0.2, 0) is 14.4 Å². The van der Waals surface area contributed by atoms with E-state index in [1.165, 1.54) is 0 Å². The van der Waals surface area contributed by atoms with E-state index < -0.39 is 17.9 Å². The Morgan fingerprint density at radius 2 is 1.11 bits per heavy atom. The molecule has 0 aromatic heterocycles. The lowest BCUT2D eigenvalue weighted by Gasteiger charge is -2.62. The van der Waals surface area contributed by atoms with E-state index in [-0.39, 0.29) is 41.9 Å². The highest BCUT2D eigenvalue weighted by Gasteiger charge is 2.57. The van der Waals surface area contributed by atoms with Gasteiger partial charge in [0.05, 0.1) is 0 Å². The second-order valence-corrected chi connectivity index (χ2v) is 13.0. The Balaban J connectivity index is 3.72. The molecule has 1 aliphatic rings. The van der Waals surface area contributed by atoms with Crippen molar-refractivity contribution in [3.05, 3.63) is 0 Å². The molecular weight excluding hydrogens is 456 g/mol. The standard InChI is InChI=1S/C30H54O6/c1-21(2)11-15-29(16-14-28(35)36)20-24(7-9-26(31)32)19-25(8-10-27(33)34)30(29,17-12-22(3)4)18-13-23(5)6/h21-25H,7-20H2,1-6H3,(H,31,32)(H,33,34)(H,35,36). The zero-order chi connectivity index (χ0) is 27.5. The maximum Gasteiger partial charge on any atom is 0.303 e. The van der Waals surface area contributed by atoms with Gasteiger partial charge >= 0.3 is 17.9 Å². The van der Waals surface area contributed by atoms with Gasteiger partial charge in [-0.2, -0.15) is 0 Å². The molecule has 1 saturated carbocycles. The average molecular weight is 511 g/mol. The minimum atomic E-state index is -0.799. The van der Waals surface area contributed by atoms with Gasteiger partial charge in [0.15, 0.2) is 0 Å². The van der Waals surface area contributed by atoms with Crippen LogP contribution in [-0.4, -0.2) is 33.2 Å². The van der Waals surface area contributed by atoms with Crippen molar-refractivity contribution in [2.75, 3.05) is 0 Å². The molecule has 0 amide bonds. The quantitative estimate of drug-likeness (QED) is 0.173. The van der Waals surface area contributed by atoms with Crippen LogP contribution in [0.1, 0.15) is 131 Å². The third kappa shape index (κ3) is 10.0. The van der Waals surface area contributed by atoms with Gasteiger partial charge < -0.3 is 15.3 Å². The van der Waals surface area contributed by atoms with Crippen LogP contribution in [0.5, 0.6) is 0 Å². The number of carboxylic acids is 3. The van der Waals surface area contributed by atoms with Gasteiger partial charge in [0.25, 0.3) is 0 Å². The summed E-state index contributed by atoms with van der Waals surface area (Å²) in [5, 5.41) is 28.8. The predicted octanol–water partition coefficient (Wildman–Crippen LogP) is 7.89. The lowest BCUT2D eigenvalue weighted by atomic mass is 9.43. The van der Waals surface area contributed by atoms with Gasteiger partial charge in [-0.15, -0.1) is 0 Å². The Morgan fingerprint density at radius 1 is 0.667 bits per heavy atom. The molecule has 210 valence electrons. The van der Waals surface area contributed by atoms with Gasteiger partial charge in [-0.3, -0.25) is 14.4 Å². The molecule has 6 heteroatoms. The molecule has 3 atom stereocenters. The fourth-order valence-electron chi connectivity index (χ4n) is 7.03. The van der Waals surface area contributed by atoms with Crippen LogP contribution in [0.4, 0.5) is 0 Å². The summed E-state index contributed by atoms with van der Waals surface area (Å²) >= 11 is 0. The highest BCUT2D eigenvalue weighted by Crippen LogP contribution is 2.66. The maximum atomic E-state index is 11.9. The smallest absolute Gasteiger partial charge is 0.303 e. The average Bonchev–Trinajstić information content (AvgIpc) is 2.76. The lowest BCUT2D eigenvalue weighted by molar-refractivity contribution is -0.147. The van der Waals surface area contributed by atoms with E-state index in [2.05, 4.69) is 41.5 Å². The van der Waals surface area contributed by atoms with E-state index in [4.69, 9.17) is 0 Å². The molecule has 0 spiro atoms. The molecule has 0 radical (unpaired) electrons. The summed E-state index contributed by atoms with van der Waals surface area (Å²) in [6.45, 7) is 13.3. The Hall–Kier alpha value is -1.59. The molecule has 0 aromatic rings. The van der Waals surface area contributed by atoms with Crippen molar-refractivity contribution < 1.29 is 29.7 Å². The van der Waals surface area contributed by atoms with Gasteiger partial charge in [-0.05, 0) is 91.8 Å². The van der Waals surface area contributed by atoms with E-state index in [1.807, 2.05) is 0 Å². The Labute approximate surface area is 219 Å². The van der Waals surface area contributed by atoms with Gasteiger partial charge in [0.2, 0.25) is 0 Å². The van der Waals surface area contributed by atoms with E-state index in [1.54, 1.807) is 0 Å². The van der Waals surface area contributed by atoms with Crippen molar-refractivity contribution in [3.8, 4) is 0 Å². The molecule has 0 aliphatic heterocycles. The van der Waals surface area contributed by atoms with Gasteiger partial charge in [0.1, 0.15) is 0 Å². The van der Waals surface area contributed by atoms with Gasteiger partial charge in [-0.1, -0.05) is 60.8 Å². The maximum absolute atomic E-state index is 11.9. The first-order chi connectivity index (χ1) is 16.7. The van der Waals surface area contributed by atoms with Crippen LogP contribution in [0, 0.1) is 40.4 Å². The van der Waals surface area contributed by atoms with Crippen molar-refractivity contribution in [3.63, 3.8) is 0 Å². The zero-order valence-electron chi connectivity index (χ0n) is 23.9. The third-order valence-corrected chi connectivity index (χ3v) is 8.96. The van der Waals surface area contributed by atoms with Gasteiger partial charge in [0, 0.05) is 19.3 Å².